The Morgan fingerprint density at radius 2 is 1.40 bits per heavy atom. The molecule has 1 heterocycles. The van der Waals surface area contributed by atoms with Crippen LogP contribution in [-0.2, 0) is 17.6 Å². The largest absolute Gasteiger partial charge is 0.476 e. The van der Waals surface area contributed by atoms with Gasteiger partial charge in [0.25, 0.3) is 0 Å². The molecule has 0 aliphatic carbocycles. The van der Waals surface area contributed by atoms with Crippen LogP contribution in [0, 0.1) is 0 Å². The Hall–Kier alpha value is -2.87. The van der Waals surface area contributed by atoms with Gasteiger partial charge in [0.05, 0.1) is 6.54 Å². The van der Waals surface area contributed by atoms with Crippen molar-refractivity contribution in [2.75, 3.05) is 13.2 Å². The molecule has 0 aromatic heterocycles. The van der Waals surface area contributed by atoms with Gasteiger partial charge in [0.15, 0.2) is 0 Å². The molecule has 3 aromatic rings. The van der Waals surface area contributed by atoms with Gasteiger partial charge in [-0.2, -0.15) is 0 Å². The summed E-state index contributed by atoms with van der Waals surface area (Å²) >= 11 is 0. The molecule has 25 heavy (non-hydrogen) atoms. The number of benzene rings is 3. The van der Waals surface area contributed by atoms with E-state index >= 15 is 0 Å². The topological polar surface area (TPSA) is 21.6 Å². The third-order valence-electron chi connectivity index (χ3n) is 4.55. The zero-order chi connectivity index (χ0) is 16.9. The molecule has 0 unspecified atom stereocenters. The predicted octanol–water partition coefficient (Wildman–Crippen LogP) is 4.65. The molecule has 0 N–H and O–H groups in total. The smallest absolute Gasteiger partial charge is 0.216 e. The summed E-state index contributed by atoms with van der Waals surface area (Å²) in [5, 5.41) is 0. The van der Waals surface area contributed by atoms with E-state index in [2.05, 4.69) is 83.9 Å². The van der Waals surface area contributed by atoms with Gasteiger partial charge in [-0.1, -0.05) is 72.8 Å². The lowest BCUT2D eigenvalue weighted by atomic mass is 9.91. The molecule has 0 saturated heterocycles. The molecule has 0 atom stereocenters. The summed E-state index contributed by atoms with van der Waals surface area (Å²) in [6.07, 6.45) is 1.81. The lowest BCUT2D eigenvalue weighted by Crippen LogP contribution is -2.09. The quantitative estimate of drug-likeness (QED) is 0.669. The van der Waals surface area contributed by atoms with Crippen LogP contribution in [0.15, 0.2) is 83.9 Å². The van der Waals surface area contributed by atoms with Crippen LogP contribution in [0.4, 0.5) is 0 Å². The molecule has 124 valence electrons. The van der Waals surface area contributed by atoms with Crippen molar-refractivity contribution in [2.24, 2.45) is 4.99 Å². The molecule has 3 aromatic carbocycles. The third-order valence-corrected chi connectivity index (χ3v) is 4.55. The fraction of sp³-hybridized carbons (Fsp3) is 0.174. The van der Waals surface area contributed by atoms with Crippen molar-refractivity contribution in [3.63, 3.8) is 0 Å². The predicted molar refractivity (Wildman–Crippen MR) is 102 cm³/mol. The molecular formula is C23H21NO. The molecule has 0 fully saturated rings. The second kappa shape index (κ2) is 7.35. The number of rotatable bonds is 5. The lowest BCUT2D eigenvalue weighted by molar-refractivity contribution is 0.348. The Kier molecular flexibility index (Phi) is 4.60. The van der Waals surface area contributed by atoms with Crippen LogP contribution in [0.3, 0.4) is 0 Å². The fourth-order valence-corrected chi connectivity index (χ4v) is 3.32. The van der Waals surface area contributed by atoms with E-state index in [9.17, 15) is 0 Å². The van der Waals surface area contributed by atoms with E-state index in [1.807, 2.05) is 0 Å². The van der Waals surface area contributed by atoms with Crippen LogP contribution in [-0.4, -0.2) is 19.0 Å². The van der Waals surface area contributed by atoms with Gasteiger partial charge < -0.3 is 4.74 Å². The van der Waals surface area contributed by atoms with Crippen LogP contribution in [0.25, 0.3) is 0 Å². The van der Waals surface area contributed by atoms with Crippen molar-refractivity contribution in [3.05, 3.63) is 107 Å². The highest BCUT2D eigenvalue weighted by atomic mass is 16.5. The number of hydrogen-bond donors (Lipinski definition) is 0. The average Bonchev–Trinajstić information content (AvgIpc) is 3.19. The van der Waals surface area contributed by atoms with E-state index in [1.54, 1.807) is 0 Å². The van der Waals surface area contributed by atoms with E-state index in [0.717, 1.165) is 30.8 Å². The fourth-order valence-electron chi connectivity index (χ4n) is 3.32. The second-order valence-electron chi connectivity index (χ2n) is 6.30. The zero-order valence-corrected chi connectivity index (χ0v) is 14.2. The first-order valence-corrected chi connectivity index (χ1v) is 8.76. The molecule has 1 aliphatic rings. The van der Waals surface area contributed by atoms with Crippen molar-refractivity contribution in [3.8, 4) is 0 Å². The lowest BCUT2D eigenvalue weighted by Gasteiger charge is -2.15. The standard InChI is InChI=1S/C23H21NO/c1-3-8-18(9-4-1)16-20-12-7-13-21(23-24-14-15-25-23)22(20)17-19-10-5-2-6-11-19/h1-13H,14-17H2. The summed E-state index contributed by atoms with van der Waals surface area (Å²) in [5.74, 6) is 0.792. The summed E-state index contributed by atoms with van der Waals surface area (Å²) < 4.78 is 5.77. The van der Waals surface area contributed by atoms with Gasteiger partial charge in [0, 0.05) is 5.56 Å². The molecular weight excluding hydrogens is 306 g/mol. The molecule has 0 bridgehead atoms. The average molecular weight is 327 g/mol. The SMILES string of the molecule is c1ccc(Cc2cccc(C3=NCCO3)c2Cc2ccccc2)cc1. The molecule has 0 radical (unpaired) electrons. The van der Waals surface area contributed by atoms with E-state index in [0.29, 0.717) is 6.61 Å². The minimum atomic E-state index is 0.684. The molecule has 0 amide bonds. The van der Waals surface area contributed by atoms with Crippen LogP contribution < -0.4 is 0 Å². The van der Waals surface area contributed by atoms with Gasteiger partial charge in [-0.3, -0.25) is 0 Å². The van der Waals surface area contributed by atoms with E-state index in [1.165, 1.54) is 22.3 Å². The maximum Gasteiger partial charge on any atom is 0.216 e. The third kappa shape index (κ3) is 3.63. The Labute approximate surface area is 148 Å². The Morgan fingerprint density at radius 1 is 0.720 bits per heavy atom. The van der Waals surface area contributed by atoms with Crippen molar-refractivity contribution >= 4 is 5.90 Å². The summed E-state index contributed by atoms with van der Waals surface area (Å²) in [5.41, 5.74) is 6.42. The first-order valence-electron chi connectivity index (χ1n) is 8.76. The first kappa shape index (κ1) is 15.6. The van der Waals surface area contributed by atoms with Gasteiger partial charge in [-0.15, -0.1) is 0 Å². The highest BCUT2D eigenvalue weighted by Crippen LogP contribution is 2.24. The number of ether oxygens (including phenoxy) is 1. The van der Waals surface area contributed by atoms with Crippen molar-refractivity contribution in [2.45, 2.75) is 12.8 Å². The van der Waals surface area contributed by atoms with Gasteiger partial charge >= 0.3 is 0 Å². The van der Waals surface area contributed by atoms with E-state index in [-0.39, 0.29) is 0 Å². The van der Waals surface area contributed by atoms with Gasteiger partial charge in [0.1, 0.15) is 6.61 Å². The maximum atomic E-state index is 5.77. The van der Waals surface area contributed by atoms with Gasteiger partial charge in [0.2, 0.25) is 5.90 Å². The van der Waals surface area contributed by atoms with Crippen molar-refractivity contribution in [1.82, 2.24) is 0 Å². The first-order chi connectivity index (χ1) is 12.4. The highest BCUT2D eigenvalue weighted by Gasteiger charge is 2.17. The molecule has 0 saturated carbocycles. The minimum absolute atomic E-state index is 0.684. The zero-order valence-electron chi connectivity index (χ0n) is 14.2. The van der Waals surface area contributed by atoms with Crippen LogP contribution in [0.5, 0.6) is 0 Å². The minimum Gasteiger partial charge on any atom is -0.476 e. The summed E-state index contributed by atoms with van der Waals surface area (Å²) in [4.78, 5) is 4.55. The molecule has 4 rings (SSSR count). The van der Waals surface area contributed by atoms with Gasteiger partial charge in [-0.25, -0.2) is 4.99 Å². The monoisotopic (exact) mass is 327 g/mol. The normalized spacial score (nSPS) is 13.4. The number of aliphatic imine (C=N–C) groups is 1. The van der Waals surface area contributed by atoms with Gasteiger partial charge in [-0.05, 0) is 41.2 Å². The molecule has 2 heteroatoms. The van der Waals surface area contributed by atoms with Crippen LogP contribution in [0.2, 0.25) is 0 Å². The van der Waals surface area contributed by atoms with E-state index < -0.39 is 0 Å². The number of hydrogen-bond acceptors (Lipinski definition) is 2. The summed E-state index contributed by atoms with van der Waals surface area (Å²) in [7, 11) is 0. The Bertz CT molecular complexity index is 869. The Balaban J connectivity index is 1.75. The van der Waals surface area contributed by atoms with Crippen molar-refractivity contribution < 1.29 is 4.74 Å². The second-order valence-corrected chi connectivity index (χ2v) is 6.30. The van der Waals surface area contributed by atoms with Crippen LogP contribution in [0.1, 0.15) is 27.8 Å². The molecule has 2 nitrogen and oxygen atoms in total. The van der Waals surface area contributed by atoms with Crippen molar-refractivity contribution in [1.29, 1.82) is 0 Å². The number of nitrogens with zero attached hydrogens (tertiary/aromatic N) is 1. The molecule has 1 aliphatic heterocycles. The Morgan fingerprint density at radius 3 is 2.04 bits per heavy atom. The maximum absolute atomic E-state index is 5.77. The summed E-state index contributed by atoms with van der Waals surface area (Å²) in [6, 6.07) is 27.7. The van der Waals surface area contributed by atoms with E-state index in [4.69, 9.17) is 4.74 Å². The van der Waals surface area contributed by atoms with Crippen LogP contribution >= 0.6 is 0 Å². The highest BCUT2D eigenvalue weighted by molar-refractivity contribution is 5.96. The molecule has 0 spiro atoms. The summed E-state index contributed by atoms with van der Waals surface area (Å²) in [6.45, 7) is 1.44.